The van der Waals surface area contributed by atoms with Crippen LogP contribution in [0.4, 0.5) is 0 Å². The number of aromatic nitrogens is 3. The lowest BCUT2D eigenvalue weighted by molar-refractivity contribution is -0.0586. The SMILES string of the molecule is COC(=O)c1nnn(C2OC(CO)C(O)C2O)c1-c1ccco1. The van der Waals surface area contributed by atoms with Gasteiger partial charge in [-0.05, 0) is 12.1 Å². The molecule has 0 bridgehead atoms. The lowest BCUT2D eigenvalue weighted by Crippen LogP contribution is -2.33. The summed E-state index contributed by atoms with van der Waals surface area (Å²) in [4.78, 5) is 11.9. The summed E-state index contributed by atoms with van der Waals surface area (Å²) < 4.78 is 16.4. The monoisotopic (exact) mass is 325 g/mol. The summed E-state index contributed by atoms with van der Waals surface area (Å²) in [5, 5.41) is 36.7. The third kappa shape index (κ3) is 2.51. The van der Waals surface area contributed by atoms with E-state index in [9.17, 15) is 15.0 Å². The summed E-state index contributed by atoms with van der Waals surface area (Å²) in [6, 6.07) is 3.17. The van der Waals surface area contributed by atoms with Crippen molar-refractivity contribution < 1.29 is 34.0 Å². The highest BCUT2D eigenvalue weighted by atomic mass is 16.6. The highest BCUT2D eigenvalue weighted by molar-refractivity contribution is 5.93. The Balaban J connectivity index is 2.07. The van der Waals surface area contributed by atoms with Gasteiger partial charge in [-0.1, -0.05) is 5.21 Å². The van der Waals surface area contributed by atoms with Crippen molar-refractivity contribution in [3.05, 3.63) is 24.1 Å². The molecule has 0 spiro atoms. The van der Waals surface area contributed by atoms with Gasteiger partial charge in [-0.15, -0.1) is 5.10 Å². The lowest BCUT2D eigenvalue weighted by atomic mass is 10.1. The molecule has 4 atom stereocenters. The minimum atomic E-state index is -1.37. The fourth-order valence-electron chi connectivity index (χ4n) is 2.43. The number of hydrogen-bond acceptors (Lipinski definition) is 9. The maximum absolute atomic E-state index is 11.9. The van der Waals surface area contributed by atoms with Crippen LogP contribution in [0.25, 0.3) is 11.5 Å². The Kier molecular flexibility index (Phi) is 4.13. The van der Waals surface area contributed by atoms with Crippen molar-refractivity contribution in [1.82, 2.24) is 15.0 Å². The first-order valence-corrected chi connectivity index (χ1v) is 6.78. The van der Waals surface area contributed by atoms with Crippen LogP contribution in [0.15, 0.2) is 22.8 Å². The first-order valence-electron chi connectivity index (χ1n) is 6.78. The summed E-state index contributed by atoms with van der Waals surface area (Å²) in [7, 11) is 1.19. The summed E-state index contributed by atoms with van der Waals surface area (Å²) in [5.41, 5.74) is 0.0110. The molecule has 1 aliphatic rings. The second-order valence-corrected chi connectivity index (χ2v) is 4.93. The molecule has 1 saturated heterocycles. The molecule has 10 heteroatoms. The normalized spacial score (nSPS) is 27.3. The van der Waals surface area contributed by atoms with Crippen LogP contribution in [0.5, 0.6) is 0 Å². The fraction of sp³-hybridized carbons (Fsp3) is 0.462. The molecule has 3 N–H and O–H groups in total. The van der Waals surface area contributed by atoms with Crippen LogP contribution in [-0.4, -0.2) is 68.3 Å². The van der Waals surface area contributed by atoms with Gasteiger partial charge in [0.25, 0.3) is 0 Å². The predicted octanol–water partition coefficient (Wildman–Crippen LogP) is -1.06. The first kappa shape index (κ1) is 15.6. The molecular formula is C13H15N3O7. The molecule has 23 heavy (non-hydrogen) atoms. The van der Waals surface area contributed by atoms with Crippen molar-refractivity contribution in [2.45, 2.75) is 24.5 Å². The third-order valence-corrected chi connectivity index (χ3v) is 3.59. The Bertz CT molecular complexity index is 684. The molecule has 3 rings (SSSR count). The molecule has 3 heterocycles. The van der Waals surface area contributed by atoms with Crippen molar-refractivity contribution in [3.63, 3.8) is 0 Å². The van der Waals surface area contributed by atoms with Gasteiger partial charge in [-0.25, -0.2) is 9.48 Å². The van der Waals surface area contributed by atoms with Gasteiger partial charge in [0.05, 0.1) is 20.0 Å². The number of furan rings is 1. The zero-order chi connectivity index (χ0) is 16.6. The maximum Gasteiger partial charge on any atom is 0.361 e. The Hall–Kier alpha value is -2.27. The van der Waals surface area contributed by atoms with E-state index in [-0.39, 0.29) is 17.1 Å². The third-order valence-electron chi connectivity index (χ3n) is 3.59. The maximum atomic E-state index is 11.9. The van der Waals surface area contributed by atoms with Gasteiger partial charge < -0.3 is 29.2 Å². The van der Waals surface area contributed by atoms with E-state index in [2.05, 4.69) is 15.0 Å². The molecule has 124 valence electrons. The molecule has 0 radical (unpaired) electrons. The van der Waals surface area contributed by atoms with Crippen molar-refractivity contribution >= 4 is 5.97 Å². The van der Waals surface area contributed by atoms with Crippen molar-refractivity contribution in [1.29, 1.82) is 0 Å². The minimum Gasteiger partial charge on any atom is -0.464 e. The quantitative estimate of drug-likeness (QED) is 0.600. The molecule has 0 aliphatic carbocycles. The largest absolute Gasteiger partial charge is 0.464 e. The standard InChI is InChI=1S/C13H15N3O7/c1-21-13(20)8-9(6-3-2-4-22-6)16(15-14-8)12-11(19)10(18)7(5-17)23-12/h2-4,7,10-12,17-19H,5H2,1H3. The van der Waals surface area contributed by atoms with Crippen molar-refractivity contribution in [2.75, 3.05) is 13.7 Å². The molecule has 2 aromatic rings. The number of aliphatic hydroxyl groups excluding tert-OH is 3. The van der Waals surface area contributed by atoms with E-state index < -0.39 is 37.1 Å². The van der Waals surface area contributed by atoms with E-state index in [0.29, 0.717) is 0 Å². The molecule has 0 saturated carbocycles. The highest BCUT2D eigenvalue weighted by Gasteiger charge is 2.45. The zero-order valence-corrected chi connectivity index (χ0v) is 12.1. The number of rotatable bonds is 4. The van der Waals surface area contributed by atoms with Gasteiger partial charge in [0, 0.05) is 0 Å². The molecule has 0 aromatic carbocycles. The van der Waals surface area contributed by atoms with E-state index in [1.807, 2.05) is 0 Å². The Labute approximate surface area is 129 Å². The molecule has 1 aliphatic heterocycles. The van der Waals surface area contributed by atoms with E-state index in [1.165, 1.54) is 13.4 Å². The molecule has 0 amide bonds. The Morgan fingerprint density at radius 2 is 2.22 bits per heavy atom. The van der Waals surface area contributed by atoms with Gasteiger partial charge in [0.1, 0.15) is 24.0 Å². The van der Waals surface area contributed by atoms with E-state index in [1.54, 1.807) is 12.1 Å². The average Bonchev–Trinajstić information content (AvgIpc) is 3.27. The van der Waals surface area contributed by atoms with Gasteiger partial charge in [0.15, 0.2) is 12.0 Å². The number of methoxy groups -OCH3 is 1. The number of aliphatic hydroxyl groups is 3. The second kappa shape index (κ2) is 6.08. The van der Waals surface area contributed by atoms with Gasteiger partial charge in [-0.3, -0.25) is 0 Å². The van der Waals surface area contributed by atoms with Crippen molar-refractivity contribution in [2.24, 2.45) is 0 Å². The highest BCUT2D eigenvalue weighted by Crippen LogP contribution is 2.34. The van der Waals surface area contributed by atoms with Crippen LogP contribution in [0, 0.1) is 0 Å². The van der Waals surface area contributed by atoms with Crippen LogP contribution >= 0.6 is 0 Å². The van der Waals surface area contributed by atoms with Crippen LogP contribution in [0.1, 0.15) is 16.7 Å². The number of nitrogens with zero attached hydrogens (tertiary/aromatic N) is 3. The first-order chi connectivity index (χ1) is 11.1. The van der Waals surface area contributed by atoms with Crippen molar-refractivity contribution in [3.8, 4) is 11.5 Å². The van der Waals surface area contributed by atoms with Gasteiger partial charge in [0.2, 0.25) is 5.69 Å². The van der Waals surface area contributed by atoms with Crippen LogP contribution in [-0.2, 0) is 9.47 Å². The Morgan fingerprint density at radius 1 is 1.43 bits per heavy atom. The molecule has 4 unspecified atom stereocenters. The number of carbonyl (C=O) groups excluding carboxylic acids is 1. The lowest BCUT2D eigenvalue weighted by Gasteiger charge is -2.16. The van der Waals surface area contributed by atoms with Crippen LogP contribution in [0.3, 0.4) is 0 Å². The molecule has 1 fully saturated rings. The molecular weight excluding hydrogens is 310 g/mol. The van der Waals surface area contributed by atoms with Gasteiger partial charge >= 0.3 is 5.97 Å². The van der Waals surface area contributed by atoms with E-state index in [4.69, 9.17) is 14.3 Å². The average molecular weight is 325 g/mol. The predicted molar refractivity (Wildman–Crippen MR) is 72.1 cm³/mol. The zero-order valence-electron chi connectivity index (χ0n) is 12.1. The number of ether oxygens (including phenoxy) is 2. The minimum absolute atomic E-state index is 0.125. The van der Waals surface area contributed by atoms with Gasteiger partial charge in [-0.2, -0.15) is 0 Å². The number of hydrogen-bond donors (Lipinski definition) is 3. The number of esters is 1. The molecule has 2 aromatic heterocycles. The summed E-state index contributed by atoms with van der Waals surface area (Å²) in [6.07, 6.45) is -3.41. The Morgan fingerprint density at radius 3 is 2.78 bits per heavy atom. The second-order valence-electron chi connectivity index (χ2n) is 4.93. The van der Waals surface area contributed by atoms with E-state index >= 15 is 0 Å². The fourth-order valence-corrected chi connectivity index (χ4v) is 2.43. The van der Waals surface area contributed by atoms with Crippen LogP contribution in [0.2, 0.25) is 0 Å². The summed E-state index contributed by atoms with van der Waals surface area (Å²) in [5.74, 6) is -0.484. The number of carbonyl (C=O) groups is 1. The van der Waals surface area contributed by atoms with E-state index in [0.717, 1.165) is 4.68 Å². The molecule has 10 nitrogen and oxygen atoms in total. The topological polar surface area (TPSA) is 140 Å². The summed E-state index contributed by atoms with van der Waals surface area (Å²) >= 11 is 0. The summed E-state index contributed by atoms with van der Waals surface area (Å²) in [6.45, 7) is -0.483. The smallest absolute Gasteiger partial charge is 0.361 e. The van der Waals surface area contributed by atoms with Crippen LogP contribution < -0.4 is 0 Å².